The first-order valence-corrected chi connectivity index (χ1v) is 5.74. The molecule has 14 heavy (non-hydrogen) atoms. The highest BCUT2D eigenvalue weighted by Gasteiger charge is 2.20. The third kappa shape index (κ3) is 3.10. The molecule has 3 nitrogen and oxygen atoms in total. The lowest BCUT2D eigenvalue weighted by atomic mass is 9.82. The van der Waals surface area contributed by atoms with Crippen LogP contribution in [0.3, 0.4) is 0 Å². The summed E-state index contributed by atoms with van der Waals surface area (Å²) in [4.78, 5) is 0. The van der Waals surface area contributed by atoms with Gasteiger partial charge in [-0.2, -0.15) is 8.75 Å². The van der Waals surface area contributed by atoms with Gasteiger partial charge in [0, 0.05) is 6.54 Å². The summed E-state index contributed by atoms with van der Waals surface area (Å²) < 4.78 is 7.95. The molecule has 0 fully saturated rings. The minimum Gasteiger partial charge on any atom is -0.366 e. The van der Waals surface area contributed by atoms with Crippen molar-refractivity contribution >= 4 is 29.1 Å². The predicted molar refractivity (Wildman–Crippen MR) is 62.0 cm³/mol. The number of halogens is 1. The lowest BCUT2D eigenvalue weighted by Gasteiger charge is -2.27. The summed E-state index contributed by atoms with van der Waals surface area (Å²) in [6.45, 7) is 9.75. The second-order valence-electron chi connectivity index (χ2n) is 4.55. The summed E-state index contributed by atoms with van der Waals surface area (Å²) in [6.07, 6.45) is 0. The number of hydrogen-bond donors (Lipinski definition) is 1. The molecule has 0 aliphatic heterocycles. The Labute approximate surface area is 94.2 Å². The predicted octanol–water partition coefficient (Wildman–Crippen LogP) is 3.29. The van der Waals surface area contributed by atoms with Crippen molar-refractivity contribution in [1.82, 2.24) is 8.75 Å². The molecule has 0 saturated carbocycles. The Hall–Kier alpha value is -0.350. The fourth-order valence-corrected chi connectivity index (χ4v) is 1.52. The fraction of sp³-hybridized carbons (Fsp3) is 0.778. The summed E-state index contributed by atoms with van der Waals surface area (Å²) in [6, 6.07) is 0. The van der Waals surface area contributed by atoms with Gasteiger partial charge in [-0.3, -0.25) is 0 Å². The van der Waals surface area contributed by atoms with E-state index in [1.165, 1.54) is 0 Å². The standard InChI is InChI=1S/C9H16ClN3S/c1-6(9(2,3)4)5-11-8-7(10)12-14-13-8/h6H,5H2,1-4H3,(H,11,13). The van der Waals surface area contributed by atoms with E-state index in [0.717, 1.165) is 18.3 Å². The second-order valence-corrected chi connectivity index (χ2v) is 5.44. The van der Waals surface area contributed by atoms with Crippen molar-refractivity contribution in [3.05, 3.63) is 5.15 Å². The van der Waals surface area contributed by atoms with E-state index in [0.29, 0.717) is 22.3 Å². The van der Waals surface area contributed by atoms with Crippen LogP contribution in [0.1, 0.15) is 27.7 Å². The molecule has 0 bridgehead atoms. The van der Waals surface area contributed by atoms with E-state index in [4.69, 9.17) is 11.6 Å². The van der Waals surface area contributed by atoms with Gasteiger partial charge in [0.15, 0.2) is 11.0 Å². The molecular formula is C9H16ClN3S. The van der Waals surface area contributed by atoms with Gasteiger partial charge < -0.3 is 5.32 Å². The summed E-state index contributed by atoms with van der Waals surface area (Å²) in [5.74, 6) is 1.26. The first-order valence-electron chi connectivity index (χ1n) is 4.63. The molecular weight excluding hydrogens is 218 g/mol. The van der Waals surface area contributed by atoms with Crippen molar-refractivity contribution < 1.29 is 0 Å². The van der Waals surface area contributed by atoms with Crippen molar-refractivity contribution in [2.45, 2.75) is 27.7 Å². The van der Waals surface area contributed by atoms with Gasteiger partial charge in [0.1, 0.15) is 0 Å². The fourth-order valence-electron chi connectivity index (χ4n) is 0.839. The Morgan fingerprint density at radius 1 is 1.43 bits per heavy atom. The van der Waals surface area contributed by atoms with Gasteiger partial charge in [0.2, 0.25) is 0 Å². The number of nitrogens with zero attached hydrogens (tertiary/aromatic N) is 2. The molecule has 1 aromatic rings. The molecule has 1 heterocycles. The third-order valence-electron chi connectivity index (χ3n) is 2.50. The molecule has 80 valence electrons. The smallest absolute Gasteiger partial charge is 0.186 e. The molecule has 0 aliphatic rings. The topological polar surface area (TPSA) is 37.8 Å². The summed E-state index contributed by atoms with van der Waals surface area (Å²) in [7, 11) is 0. The molecule has 1 unspecified atom stereocenters. The highest BCUT2D eigenvalue weighted by atomic mass is 35.5. The molecule has 0 aliphatic carbocycles. The Bertz CT molecular complexity index is 292. The van der Waals surface area contributed by atoms with Crippen LogP contribution in [0.5, 0.6) is 0 Å². The average Bonchev–Trinajstić information content (AvgIpc) is 2.45. The van der Waals surface area contributed by atoms with E-state index in [2.05, 4.69) is 41.8 Å². The van der Waals surface area contributed by atoms with Crippen molar-refractivity contribution in [1.29, 1.82) is 0 Å². The van der Waals surface area contributed by atoms with Gasteiger partial charge in [-0.1, -0.05) is 39.3 Å². The number of rotatable bonds is 3. The van der Waals surface area contributed by atoms with Crippen LogP contribution in [0.4, 0.5) is 5.82 Å². The Kier molecular flexibility index (Phi) is 3.72. The Balaban J connectivity index is 2.46. The van der Waals surface area contributed by atoms with Gasteiger partial charge in [-0.05, 0) is 11.3 Å². The van der Waals surface area contributed by atoms with Gasteiger partial charge in [0.25, 0.3) is 0 Å². The second kappa shape index (κ2) is 4.45. The van der Waals surface area contributed by atoms with Gasteiger partial charge in [0.05, 0.1) is 11.7 Å². The minimum absolute atomic E-state index is 0.295. The normalized spacial score (nSPS) is 14.1. The number of anilines is 1. The first-order chi connectivity index (χ1) is 6.41. The number of nitrogens with one attached hydrogen (secondary N) is 1. The van der Waals surface area contributed by atoms with Gasteiger partial charge >= 0.3 is 0 Å². The molecule has 1 rings (SSSR count). The van der Waals surface area contributed by atoms with E-state index < -0.39 is 0 Å². The SMILES string of the molecule is CC(CNc1nsnc1Cl)C(C)(C)C. The van der Waals surface area contributed by atoms with Crippen LogP contribution >= 0.6 is 23.3 Å². The highest BCUT2D eigenvalue weighted by Crippen LogP contribution is 2.26. The number of hydrogen-bond acceptors (Lipinski definition) is 4. The van der Waals surface area contributed by atoms with Crippen molar-refractivity contribution in [2.24, 2.45) is 11.3 Å². The molecule has 1 atom stereocenters. The van der Waals surface area contributed by atoms with Crippen LogP contribution in [0.25, 0.3) is 0 Å². The maximum absolute atomic E-state index is 5.81. The average molecular weight is 234 g/mol. The zero-order valence-corrected chi connectivity index (χ0v) is 10.5. The van der Waals surface area contributed by atoms with Crippen LogP contribution in [0, 0.1) is 11.3 Å². The van der Waals surface area contributed by atoms with Crippen LogP contribution in [0.2, 0.25) is 5.15 Å². The number of aromatic nitrogens is 2. The van der Waals surface area contributed by atoms with Gasteiger partial charge in [-0.15, -0.1) is 0 Å². The molecule has 1 N–H and O–H groups in total. The Morgan fingerprint density at radius 2 is 2.07 bits per heavy atom. The zero-order chi connectivity index (χ0) is 10.8. The first kappa shape index (κ1) is 11.7. The van der Waals surface area contributed by atoms with Crippen LogP contribution in [-0.4, -0.2) is 15.3 Å². The quantitative estimate of drug-likeness (QED) is 0.871. The molecule has 0 radical (unpaired) electrons. The van der Waals surface area contributed by atoms with E-state index in [1.807, 2.05) is 0 Å². The van der Waals surface area contributed by atoms with Crippen molar-refractivity contribution in [3.63, 3.8) is 0 Å². The van der Waals surface area contributed by atoms with Crippen LogP contribution in [-0.2, 0) is 0 Å². The minimum atomic E-state index is 0.295. The lowest BCUT2D eigenvalue weighted by molar-refractivity contribution is 0.274. The highest BCUT2D eigenvalue weighted by molar-refractivity contribution is 6.99. The van der Waals surface area contributed by atoms with E-state index in [9.17, 15) is 0 Å². The van der Waals surface area contributed by atoms with Crippen molar-refractivity contribution in [3.8, 4) is 0 Å². The van der Waals surface area contributed by atoms with E-state index >= 15 is 0 Å². The van der Waals surface area contributed by atoms with Crippen LogP contribution < -0.4 is 5.32 Å². The largest absolute Gasteiger partial charge is 0.366 e. The summed E-state index contributed by atoms with van der Waals surface area (Å²) >= 11 is 6.94. The third-order valence-corrected chi connectivity index (χ3v) is 3.39. The monoisotopic (exact) mass is 233 g/mol. The molecule has 0 amide bonds. The molecule has 5 heteroatoms. The molecule has 1 aromatic heterocycles. The molecule has 0 spiro atoms. The van der Waals surface area contributed by atoms with E-state index in [-0.39, 0.29) is 0 Å². The maximum atomic E-state index is 5.81. The Morgan fingerprint density at radius 3 is 2.50 bits per heavy atom. The van der Waals surface area contributed by atoms with Crippen molar-refractivity contribution in [2.75, 3.05) is 11.9 Å². The maximum Gasteiger partial charge on any atom is 0.186 e. The summed E-state index contributed by atoms with van der Waals surface area (Å²) in [5.41, 5.74) is 0.295. The molecule has 0 saturated heterocycles. The van der Waals surface area contributed by atoms with Crippen LogP contribution in [0.15, 0.2) is 0 Å². The zero-order valence-electron chi connectivity index (χ0n) is 8.97. The summed E-state index contributed by atoms with van der Waals surface area (Å²) in [5, 5.41) is 3.67. The lowest BCUT2D eigenvalue weighted by Crippen LogP contribution is -2.24. The van der Waals surface area contributed by atoms with Gasteiger partial charge in [-0.25, -0.2) is 0 Å². The molecule has 0 aromatic carbocycles. The van der Waals surface area contributed by atoms with E-state index in [1.54, 1.807) is 0 Å².